The van der Waals surface area contributed by atoms with Gasteiger partial charge in [0.2, 0.25) is 0 Å². The van der Waals surface area contributed by atoms with E-state index in [4.69, 9.17) is 25.5 Å². The van der Waals surface area contributed by atoms with Crippen LogP contribution in [0.15, 0.2) is 25.8 Å². The number of aromatic hydroxyl groups is 2. The number of hydrogen-bond acceptors (Lipinski definition) is 8. The largest absolute Gasteiger partial charge is 1.00 e. The summed E-state index contributed by atoms with van der Waals surface area (Å²) in [6, 6.07) is 6.60. The second-order valence-corrected chi connectivity index (χ2v) is 6.69. The Labute approximate surface area is 217 Å². The van der Waals surface area contributed by atoms with Crippen LogP contribution in [0.1, 0.15) is 32.7 Å². The maximum Gasteiger partial charge on any atom is 1.00 e. The van der Waals surface area contributed by atoms with Gasteiger partial charge < -0.3 is 20.1 Å². The van der Waals surface area contributed by atoms with Crippen LogP contribution >= 0.6 is 47.8 Å². The Balaban J connectivity index is -0.000000390. The van der Waals surface area contributed by atoms with Crippen molar-refractivity contribution >= 4 is 47.8 Å². The number of nitriles is 2. The number of rotatable bonds is 2. The summed E-state index contributed by atoms with van der Waals surface area (Å²) >= 11 is 9.26. The molecule has 0 amide bonds. The van der Waals surface area contributed by atoms with Gasteiger partial charge in [0.15, 0.2) is 28.6 Å². The Morgan fingerprint density at radius 3 is 1.83 bits per heavy atom. The van der Waals surface area contributed by atoms with Crippen molar-refractivity contribution in [3.63, 3.8) is 0 Å². The summed E-state index contributed by atoms with van der Waals surface area (Å²) in [6.45, 7) is 3.79. The van der Waals surface area contributed by atoms with E-state index >= 15 is 0 Å². The fourth-order valence-electron chi connectivity index (χ4n) is 1.38. The zero-order valence-corrected chi connectivity index (χ0v) is 22.0. The summed E-state index contributed by atoms with van der Waals surface area (Å²) in [5.41, 5.74) is -0.0379. The summed E-state index contributed by atoms with van der Waals surface area (Å²) < 4.78 is 6.52. The molecular weight excluding hydrogens is 587 g/mol. The van der Waals surface area contributed by atoms with Crippen molar-refractivity contribution in [2.45, 2.75) is 21.3 Å². The normalized spacial score (nSPS) is 8.28. The van der Waals surface area contributed by atoms with Crippen LogP contribution in [0.3, 0.4) is 0 Å². The molecule has 0 aromatic carbocycles. The van der Waals surface area contributed by atoms with Gasteiger partial charge in [-0.15, -0.1) is 6.61 Å². The summed E-state index contributed by atoms with van der Waals surface area (Å²) in [4.78, 5) is 7.49. The Bertz CT molecular complexity index is 858. The molecule has 0 aliphatic carbocycles. The molecule has 2 aromatic heterocycles. The van der Waals surface area contributed by atoms with Gasteiger partial charge in [-0.3, -0.25) is 0 Å². The van der Waals surface area contributed by atoms with Crippen LogP contribution in [0.2, 0.25) is 0 Å². The molecule has 2 heterocycles. The number of ether oxygens (including phenoxy) is 1. The van der Waals surface area contributed by atoms with Crippen LogP contribution < -0.4 is 39.4 Å². The van der Waals surface area contributed by atoms with E-state index in [0.29, 0.717) is 20.3 Å². The zero-order valence-electron chi connectivity index (χ0n) is 15.2. The molecule has 0 unspecified atom stereocenters. The standard InChI is InChI=1S/C8H7BrN2O2.C6H2Br2N2O.C2H5O.CH4.Na/c1-2-13-6-3-7(9)11-5(4-10)8(6)12;7-3-1-5(8)10-4(2-9)6(3)11;1-2-3;;/h3,12H,2H2,1H3;1,11H;2H2,1H3;1H4;/q;;-1;;+1. The number of halogens is 3. The van der Waals surface area contributed by atoms with Gasteiger partial charge in [0.25, 0.3) is 0 Å². The van der Waals surface area contributed by atoms with Gasteiger partial charge in [-0.2, -0.15) is 10.5 Å². The average Bonchev–Trinajstić information content (AvgIpc) is 2.62. The predicted molar refractivity (Wildman–Crippen MR) is 113 cm³/mol. The van der Waals surface area contributed by atoms with E-state index in [-0.39, 0.29) is 72.2 Å². The summed E-state index contributed by atoms with van der Waals surface area (Å²) in [5, 5.41) is 44.6. The second kappa shape index (κ2) is 17.9. The third-order valence-electron chi connectivity index (χ3n) is 2.35. The summed E-state index contributed by atoms with van der Waals surface area (Å²) in [6.07, 6.45) is 0. The van der Waals surface area contributed by atoms with E-state index in [0.717, 1.165) is 0 Å². The smallest absolute Gasteiger partial charge is 0.855 e. The second-order valence-electron chi connectivity index (χ2n) is 4.21. The topological polar surface area (TPSA) is 146 Å². The molecule has 0 atom stereocenters. The van der Waals surface area contributed by atoms with Gasteiger partial charge >= 0.3 is 29.6 Å². The van der Waals surface area contributed by atoms with Crippen molar-refractivity contribution in [3.05, 3.63) is 37.2 Å². The first-order valence-electron chi connectivity index (χ1n) is 7.21. The molecule has 2 rings (SSSR count). The predicted octanol–water partition coefficient (Wildman–Crippen LogP) is 1.01. The van der Waals surface area contributed by atoms with Gasteiger partial charge in [-0.1, -0.05) is 14.4 Å². The van der Waals surface area contributed by atoms with Crippen LogP contribution in [0.4, 0.5) is 0 Å². The first-order chi connectivity index (χ1) is 12.7. The first-order valence-corrected chi connectivity index (χ1v) is 9.59. The molecule has 152 valence electrons. The van der Waals surface area contributed by atoms with Crippen LogP contribution in [0.25, 0.3) is 0 Å². The molecule has 0 radical (unpaired) electrons. The SMILES string of the molecule is C.CCOc1cc(Br)nc(C#N)c1O.CC[O-].N#Cc1nc(Br)cc(Br)c1O.[Na+]. The van der Waals surface area contributed by atoms with Gasteiger partial charge in [-0.25, -0.2) is 9.97 Å². The first kappa shape index (κ1) is 32.7. The molecule has 0 aliphatic rings. The van der Waals surface area contributed by atoms with Crippen molar-refractivity contribution in [1.82, 2.24) is 9.97 Å². The third-order valence-corrected chi connectivity index (χ3v) is 3.77. The Morgan fingerprint density at radius 2 is 1.41 bits per heavy atom. The minimum absolute atomic E-state index is 0. The molecule has 2 aromatic rings. The number of hydrogen-bond donors (Lipinski definition) is 2. The quantitative estimate of drug-likeness (QED) is 0.382. The third kappa shape index (κ3) is 11.7. The molecule has 2 N–H and O–H groups in total. The van der Waals surface area contributed by atoms with Gasteiger partial charge in [-0.05, 0) is 60.8 Å². The van der Waals surface area contributed by atoms with Crippen molar-refractivity contribution in [3.8, 4) is 29.4 Å². The minimum Gasteiger partial charge on any atom is -0.855 e. The van der Waals surface area contributed by atoms with Gasteiger partial charge in [0, 0.05) is 6.07 Å². The van der Waals surface area contributed by atoms with Crippen molar-refractivity contribution in [2.75, 3.05) is 13.2 Å². The molecule has 0 bridgehead atoms. The maximum absolute atomic E-state index is 9.41. The van der Waals surface area contributed by atoms with E-state index in [2.05, 4.69) is 57.8 Å². The van der Waals surface area contributed by atoms with Crippen LogP contribution in [-0.4, -0.2) is 33.4 Å². The molecule has 0 saturated heterocycles. The van der Waals surface area contributed by atoms with Crippen molar-refractivity contribution in [2.24, 2.45) is 0 Å². The molecule has 8 nitrogen and oxygen atoms in total. The summed E-state index contributed by atoms with van der Waals surface area (Å²) in [7, 11) is 0. The van der Waals surface area contributed by atoms with Crippen molar-refractivity contribution < 1.29 is 49.6 Å². The monoisotopic (exact) mass is 602 g/mol. The van der Waals surface area contributed by atoms with E-state index in [1.165, 1.54) is 6.07 Å². The number of pyridine rings is 2. The maximum atomic E-state index is 9.41. The Kier molecular flexibility index (Phi) is 20.2. The molecular formula is C17H18Br3N4NaO4. The van der Waals surface area contributed by atoms with Crippen LogP contribution in [0.5, 0.6) is 17.2 Å². The Hall–Kier alpha value is -0.920. The van der Waals surface area contributed by atoms with E-state index in [1.807, 2.05) is 0 Å². The van der Waals surface area contributed by atoms with E-state index < -0.39 is 0 Å². The Morgan fingerprint density at radius 1 is 1.00 bits per heavy atom. The molecule has 0 spiro atoms. The number of aromatic nitrogens is 2. The number of nitrogens with zero attached hydrogens (tertiary/aromatic N) is 4. The van der Waals surface area contributed by atoms with Crippen molar-refractivity contribution in [1.29, 1.82) is 10.5 Å². The molecule has 12 heteroatoms. The molecule has 29 heavy (non-hydrogen) atoms. The van der Waals surface area contributed by atoms with Gasteiger partial charge in [0.1, 0.15) is 21.3 Å². The molecule has 0 aliphatic heterocycles. The fourth-order valence-corrected chi connectivity index (χ4v) is 2.89. The van der Waals surface area contributed by atoms with E-state index in [1.54, 1.807) is 32.1 Å². The van der Waals surface area contributed by atoms with Crippen LogP contribution in [-0.2, 0) is 0 Å². The van der Waals surface area contributed by atoms with Gasteiger partial charge in [0.05, 0.1) is 11.1 Å². The summed E-state index contributed by atoms with van der Waals surface area (Å²) in [5.74, 6) is -0.0795. The molecule has 0 fully saturated rings. The van der Waals surface area contributed by atoms with E-state index in [9.17, 15) is 5.11 Å². The minimum atomic E-state index is -0.215. The average molecular weight is 605 g/mol. The zero-order chi connectivity index (χ0) is 21.0. The van der Waals surface area contributed by atoms with Crippen LogP contribution in [0, 0.1) is 22.7 Å². The molecule has 0 saturated carbocycles. The fraction of sp³-hybridized carbons (Fsp3) is 0.294.